The standard InChI is InChI=1S/C30H31F2NO7/c31-19-5-9-21(10-6-19)33-26(23(30(33)38)13-14-39-22-11-7-20(32)8-12-22)18-3-1-17(2-4-18)15-24-27(35)29(37)28(36)25(16-34)40-24/h1-12,23-29,34-37H,13-16H2/t23-,24+,25-,26-,27+,28-,29-/m1/s1. The second kappa shape index (κ2) is 12.0. The van der Waals surface area contributed by atoms with E-state index < -0.39 is 48.9 Å². The SMILES string of the molecule is O=C1[C@H](CCOc2ccc(F)cc2)[C@@H](c2ccc(C[C@@H]3O[C@H](CO)[C@@H](O)[C@H](O)[C@H]3O)cc2)N1c1ccc(F)cc1. The Labute approximate surface area is 230 Å². The van der Waals surface area contributed by atoms with E-state index in [1.807, 2.05) is 24.3 Å². The number of rotatable bonds is 9. The van der Waals surface area contributed by atoms with Crippen molar-refractivity contribution in [2.24, 2.45) is 5.92 Å². The summed E-state index contributed by atoms with van der Waals surface area (Å²) in [5.41, 5.74) is 2.19. The maximum absolute atomic E-state index is 13.6. The number of anilines is 1. The molecule has 2 aliphatic rings. The molecule has 0 spiro atoms. The van der Waals surface area contributed by atoms with Gasteiger partial charge in [-0.25, -0.2) is 8.78 Å². The molecule has 0 bridgehead atoms. The van der Waals surface area contributed by atoms with Gasteiger partial charge in [-0.15, -0.1) is 0 Å². The maximum Gasteiger partial charge on any atom is 0.233 e. The minimum atomic E-state index is -1.45. The molecule has 7 atom stereocenters. The zero-order valence-corrected chi connectivity index (χ0v) is 21.5. The quantitative estimate of drug-likeness (QED) is 0.300. The summed E-state index contributed by atoms with van der Waals surface area (Å²) >= 11 is 0. The van der Waals surface area contributed by atoms with Gasteiger partial charge in [0.15, 0.2) is 0 Å². The number of nitrogens with zero attached hydrogens (tertiary/aromatic N) is 1. The van der Waals surface area contributed by atoms with Gasteiger partial charge in [-0.05, 0) is 66.1 Å². The normalized spacial score (nSPS) is 28.3. The lowest BCUT2D eigenvalue weighted by Gasteiger charge is -2.47. The van der Waals surface area contributed by atoms with Crippen LogP contribution in [0.4, 0.5) is 14.5 Å². The molecular formula is C30H31F2NO7. The highest BCUT2D eigenvalue weighted by Crippen LogP contribution is 2.45. The van der Waals surface area contributed by atoms with Crippen molar-refractivity contribution in [3.8, 4) is 5.75 Å². The molecule has 0 aliphatic carbocycles. The first-order valence-corrected chi connectivity index (χ1v) is 13.1. The fourth-order valence-corrected chi connectivity index (χ4v) is 5.37. The zero-order valence-electron chi connectivity index (χ0n) is 21.5. The van der Waals surface area contributed by atoms with Crippen LogP contribution in [-0.2, 0) is 16.0 Å². The highest BCUT2D eigenvalue weighted by atomic mass is 19.1. The van der Waals surface area contributed by atoms with Crippen LogP contribution in [0.5, 0.6) is 5.75 Å². The van der Waals surface area contributed by atoms with Crippen LogP contribution in [0.15, 0.2) is 72.8 Å². The van der Waals surface area contributed by atoms with Gasteiger partial charge in [0.05, 0.1) is 31.3 Å². The second-order valence-electron chi connectivity index (χ2n) is 10.1. The number of aliphatic hydroxyl groups is 4. The van der Waals surface area contributed by atoms with Gasteiger partial charge in [0.1, 0.15) is 41.8 Å². The van der Waals surface area contributed by atoms with Crippen LogP contribution < -0.4 is 9.64 Å². The largest absolute Gasteiger partial charge is 0.494 e. The third kappa shape index (κ3) is 5.72. The average molecular weight is 556 g/mol. The summed E-state index contributed by atoms with van der Waals surface area (Å²) in [6.45, 7) is -0.257. The molecule has 0 aromatic heterocycles. The van der Waals surface area contributed by atoms with E-state index in [4.69, 9.17) is 9.47 Å². The van der Waals surface area contributed by atoms with Gasteiger partial charge in [-0.1, -0.05) is 24.3 Å². The molecule has 212 valence electrons. The fraction of sp³-hybridized carbons (Fsp3) is 0.367. The number of carbonyl (C=O) groups excluding carboxylic acids is 1. The van der Waals surface area contributed by atoms with Crippen molar-refractivity contribution in [2.75, 3.05) is 18.1 Å². The van der Waals surface area contributed by atoms with Crippen molar-refractivity contribution in [3.63, 3.8) is 0 Å². The second-order valence-corrected chi connectivity index (χ2v) is 10.1. The van der Waals surface area contributed by atoms with E-state index in [1.165, 1.54) is 36.4 Å². The summed E-state index contributed by atoms with van der Waals surface area (Å²) in [6.07, 6.45) is -5.38. The summed E-state index contributed by atoms with van der Waals surface area (Å²) in [7, 11) is 0. The molecule has 2 aliphatic heterocycles. The molecule has 0 saturated carbocycles. The van der Waals surface area contributed by atoms with Gasteiger partial charge in [0.2, 0.25) is 5.91 Å². The number of aliphatic hydroxyl groups excluding tert-OH is 4. The van der Waals surface area contributed by atoms with Gasteiger partial charge < -0.3 is 34.8 Å². The molecule has 3 aromatic rings. The van der Waals surface area contributed by atoms with Crippen LogP contribution >= 0.6 is 0 Å². The number of amides is 1. The Morgan fingerprint density at radius 2 is 1.40 bits per heavy atom. The number of β-lactam (4-membered cyclic amide) rings is 1. The van der Waals surface area contributed by atoms with Crippen molar-refractivity contribution < 1.29 is 43.5 Å². The van der Waals surface area contributed by atoms with E-state index >= 15 is 0 Å². The molecule has 40 heavy (non-hydrogen) atoms. The fourth-order valence-electron chi connectivity index (χ4n) is 5.37. The number of carbonyl (C=O) groups is 1. The van der Waals surface area contributed by atoms with Crippen molar-refractivity contribution >= 4 is 11.6 Å². The predicted octanol–water partition coefficient (Wildman–Crippen LogP) is 2.52. The minimum Gasteiger partial charge on any atom is -0.494 e. The van der Waals surface area contributed by atoms with E-state index in [1.54, 1.807) is 17.0 Å². The van der Waals surface area contributed by atoms with Gasteiger partial charge in [-0.3, -0.25) is 4.79 Å². The summed E-state index contributed by atoms with van der Waals surface area (Å²) in [5, 5.41) is 39.9. The van der Waals surface area contributed by atoms with Crippen molar-refractivity contribution in [2.45, 2.75) is 49.4 Å². The van der Waals surface area contributed by atoms with Gasteiger partial charge in [0, 0.05) is 12.1 Å². The average Bonchev–Trinajstić information content (AvgIpc) is 2.96. The first-order valence-electron chi connectivity index (χ1n) is 13.1. The maximum atomic E-state index is 13.6. The van der Waals surface area contributed by atoms with Crippen LogP contribution in [0.25, 0.3) is 0 Å². The first-order chi connectivity index (χ1) is 19.3. The van der Waals surface area contributed by atoms with Crippen molar-refractivity contribution in [1.29, 1.82) is 0 Å². The Bertz CT molecular complexity index is 1290. The van der Waals surface area contributed by atoms with E-state index in [9.17, 15) is 34.0 Å². The molecular weight excluding hydrogens is 524 g/mol. The van der Waals surface area contributed by atoms with Gasteiger partial charge in [0.25, 0.3) is 0 Å². The monoisotopic (exact) mass is 555 g/mol. The Hall–Kier alpha value is -3.41. The topological polar surface area (TPSA) is 120 Å². The molecule has 1 amide bonds. The van der Waals surface area contributed by atoms with Crippen LogP contribution in [0, 0.1) is 17.6 Å². The molecule has 2 fully saturated rings. The summed E-state index contributed by atoms with van der Waals surface area (Å²) in [5.74, 6) is -0.800. The van der Waals surface area contributed by atoms with E-state index in [-0.39, 0.29) is 30.8 Å². The first kappa shape index (κ1) is 28.1. The van der Waals surface area contributed by atoms with Gasteiger partial charge in [-0.2, -0.15) is 0 Å². The number of hydrogen-bond acceptors (Lipinski definition) is 7. The Kier molecular flexibility index (Phi) is 8.43. The van der Waals surface area contributed by atoms with E-state index in [2.05, 4.69) is 0 Å². The molecule has 0 unspecified atom stereocenters. The smallest absolute Gasteiger partial charge is 0.233 e. The van der Waals surface area contributed by atoms with Crippen LogP contribution in [0.1, 0.15) is 23.6 Å². The molecule has 5 rings (SSSR count). The Morgan fingerprint density at radius 3 is 2.02 bits per heavy atom. The van der Waals surface area contributed by atoms with Crippen LogP contribution in [-0.4, -0.2) is 70.1 Å². The lowest BCUT2D eigenvalue weighted by Crippen LogP contribution is -2.59. The zero-order chi connectivity index (χ0) is 28.4. The molecule has 2 saturated heterocycles. The highest BCUT2D eigenvalue weighted by Gasteiger charge is 2.48. The summed E-state index contributed by atoms with van der Waals surface area (Å²) < 4.78 is 38.1. The minimum absolute atomic E-state index is 0.121. The third-order valence-corrected chi connectivity index (χ3v) is 7.58. The molecule has 4 N–H and O–H groups in total. The number of benzene rings is 3. The molecule has 3 aromatic carbocycles. The number of ether oxygens (including phenoxy) is 2. The molecule has 8 nitrogen and oxygen atoms in total. The molecule has 0 radical (unpaired) electrons. The lowest BCUT2D eigenvalue weighted by molar-refractivity contribution is -0.228. The van der Waals surface area contributed by atoms with E-state index in [0.717, 1.165) is 11.1 Å². The lowest BCUT2D eigenvalue weighted by atomic mass is 9.79. The summed E-state index contributed by atoms with van der Waals surface area (Å²) in [4.78, 5) is 14.8. The van der Waals surface area contributed by atoms with E-state index in [0.29, 0.717) is 17.9 Å². The number of halogens is 2. The Balaban J connectivity index is 1.31. The third-order valence-electron chi connectivity index (χ3n) is 7.58. The van der Waals surface area contributed by atoms with Gasteiger partial charge >= 0.3 is 0 Å². The van der Waals surface area contributed by atoms with Crippen LogP contribution in [0.3, 0.4) is 0 Å². The van der Waals surface area contributed by atoms with Crippen molar-refractivity contribution in [1.82, 2.24) is 0 Å². The highest BCUT2D eigenvalue weighted by molar-refractivity contribution is 6.03. The van der Waals surface area contributed by atoms with Crippen molar-refractivity contribution in [3.05, 3.63) is 95.6 Å². The van der Waals surface area contributed by atoms with Crippen LogP contribution in [0.2, 0.25) is 0 Å². The predicted molar refractivity (Wildman–Crippen MR) is 141 cm³/mol. The number of hydrogen-bond donors (Lipinski definition) is 4. The molecule has 2 heterocycles. The summed E-state index contributed by atoms with van der Waals surface area (Å²) in [6, 6.07) is 18.4. The Morgan fingerprint density at radius 1 is 0.800 bits per heavy atom. The molecule has 10 heteroatoms.